The molecule has 1 aromatic heterocycles. The summed E-state index contributed by atoms with van der Waals surface area (Å²) in [7, 11) is 3.86. The lowest BCUT2D eigenvalue weighted by atomic mass is 10.1. The van der Waals surface area contributed by atoms with Crippen LogP contribution in [0.3, 0.4) is 0 Å². The zero-order chi connectivity index (χ0) is 13.7. The number of likely N-dealkylation sites (tertiary alicyclic amines) is 1. The van der Waals surface area contributed by atoms with Crippen LogP contribution in [-0.2, 0) is 0 Å². The average molecular weight is 260 g/mol. The van der Waals surface area contributed by atoms with Gasteiger partial charge in [-0.05, 0) is 18.9 Å². The van der Waals surface area contributed by atoms with Gasteiger partial charge in [0.05, 0.1) is 12.6 Å². The van der Waals surface area contributed by atoms with Crippen molar-refractivity contribution >= 4 is 11.8 Å². The fourth-order valence-corrected chi connectivity index (χ4v) is 2.19. The van der Waals surface area contributed by atoms with Crippen molar-refractivity contribution in [1.29, 1.82) is 5.26 Å². The molecule has 1 saturated heterocycles. The van der Waals surface area contributed by atoms with Crippen molar-refractivity contribution in [1.82, 2.24) is 14.9 Å². The highest BCUT2D eigenvalue weighted by Crippen LogP contribution is 2.16. The summed E-state index contributed by atoms with van der Waals surface area (Å²) in [4.78, 5) is 12.7. The van der Waals surface area contributed by atoms with Gasteiger partial charge in [0.2, 0.25) is 5.95 Å². The summed E-state index contributed by atoms with van der Waals surface area (Å²) >= 11 is 0. The van der Waals surface area contributed by atoms with Crippen LogP contribution in [0.5, 0.6) is 0 Å². The monoisotopic (exact) mass is 260 g/mol. The van der Waals surface area contributed by atoms with Crippen LogP contribution in [0.15, 0.2) is 12.3 Å². The van der Waals surface area contributed by atoms with Crippen LogP contribution >= 0.6 is 0 Å². The van der Waals surface area contributed by atoms with Gasteiger partial charge >= 0.3 is 0 Å². The van der Waals surface area contributed by atoms with Crippen LogP contribution in [-0.4, -0.2) is 54.6 Å². The SMILES string of the molecule is CN(C)c1nccc(NC2CCN(CC#N)CC2)n1. The lowest BCUT2D eigenvalue weighted by molar-refractivity contribution is 0.242. The Hall–Kier alpha value is -1.87. The molecule has 102 valence electrons. The highest BCUT2D eigenvalue weighted by atomic mass is 15.2. The van der Waals surface area contributed by atoms with E-state index < -0.39 is 0 Å². The second-order valence-electron chi connectivity index (χ2n) is 4.99. The summed E-state index contributed by atoms with van der Waals surface area (Å²) in [5, 5.41) is 12.1. The molecule has 1 fully saturated rings. The maximum absolute atomic E-state index is 8.67. The molecule has 2 rings (SSSR count). The van der Waals surface area contributed by atoms with E-state index >= 15 is 0 Å². The van der Waals surface area contributed by atoms with Gasteiger partial charge in [0.1, 0.15) is 5.82 Å². The molecule has 0 aliphatic carbocycles. The first-order valence-corrected chi connectivity index (χ1v) is 6.55. The smallest absolute Gasteiger partial charge is 0.226 e. The average Bonchev–Trinajstić information content (AvgIpc) is 2.42. The second kappa shape index (κ2) is 6.34. The minimum atomic E-state index is 0.430. The van der Waals surface area contributed by atoms with Gasteiger partial charge in [0.25, 0.3) is 0 Å². The molecule has 2 heterocycles. The summed E-state index contributed by atoms with van der Waals surface area (Å²) in [6.45, 7) is 2.47. The summed E-state index contributed by atoms with van der Waals surface area (Å²) < 4.78 is 0. The highest BCUT2D eigenvalue weighted by molar-refractivity contribution is 5.41. The number of rotatable bonds is 4. The lowest BCUT2D eigenvalue weighted by Crippen LogP contribution is -2.39. The van der Waals surface area contributed by atoms with E-state index in [2.05, 4.69) is 26.3 Å². The molecule has 0 bridgehead atoms. The Labute approximate surface area is 114 Å². The van der Waals surface area contributed by atoms with E-state index in [-0.39, 0.29) is 0 Å². The third-order valence-electron chi connectivity index (χ3n) is 3.28. The van der Waals surface area contributed by atoms with Gasteiger partial charge in [-0.15, -0.1) is 0 Å². The topological polar surface area (TPSA) is 68.1 Å². The molecule has 1 aliphatic heterocycles. The molecule has 0 spiro atoms. The summed E-state index contributed by atoms with van der Waals surface area (Å²) in [6, 6.07) is 4.53. The van der Waals surface area contributed by atoms with Crippen LogP contribution in [0.25, 0.3) is 0 Å². The zero-order valence-corrected chi connectivity index (χ0v) is 11.5. The minimum Gasteiger partial charge on any atom is -0.367 e. The van der Waals surface area contributed by atoms with Crippen molar-refractivity contribution in [2.75, 3.05) is 43.9 Å². The van der Waals surface area contributed by atoms with E-state index in [1.807, 2.05) is 25.1 Å². The molecule has 6 heteroatoms. The first kappa shape index (κ1) is 13.6. The van der Waals surface area contributed by atoms with E-state index in [4.69, 9.17) is 5.26 Å². The molecule has 1 N–H and O–H groups in total. The molecular weight excluding hydrogens is 240 g/mol. The maximum atomic E-state index is 8.67. The third kappa shape index (κ3) is 3.80. The van der Waals surface area contributed by atoms with Gasteiger partial charge in [-0.3, -0.25) is 4.90 Å². The Morgan fingerprint density at radius 1 is 1.47 bits per heavy atom. The van der Waals surface area contributed by atoms with E-state index in [1.54, 1.807) is 6.20 Å². The van der Waals surface area contributed by atoms with Crippen molar-refractivity contribution in [3.05, 3.63) is 12.3 Å². The number of nitriles is 1. The van der Waals surface area contributed by atoms with Crippen molar-refractivity contribution < 1.29 is 0 Å². The molecule has 0 radical (unpaired) electrons. The Morgan fingerprint density at radius 3 is 2.84 bits per heavy atom. The van der Waals surface area contributed by atoms with E-state index in [0.29, 0.717) is 18.5 Å². The normalized spacial score (nSPS) is 16.9. The van der Waals surface area contributed by atoms with Gasteiger partial charge < -0.3 is 10.2 Å². The fourth-order valence-electron chi connectivity index (χ4n) is 2.19. The van der Waals surface area contributed by atoms with Gasteiger partial charge in [0.15, 0.2) is 0 Å². The van der Waals surface area contributed by atoms with Crippen LogP contribution in [0.2, 0.25) is 0 Å². The van der Waals surface area contributed by atoms with E-state index in [9.17, 15) is 0 Å². The quantitative estimate of drug-likeness (QED) is 0.813. The summed E-state index contributed by atoms with van der Waals surface area (Å²) in [5.74, 6) is 1.59. The molecule has 1 aliphatic rings. The minimum absolute atomic E-state index is 0.430. The predicted molar refractivity (Wildman–Crippen MR) is 75.1 cm³/mol. The van der Waals surface area contributed by atoms with Crippen molar-refractivity contribution in [3.8, 4) is 6.07 Å². The largest absolute Gasteiger partial charge is 0.367 e. The van der Waals surface area contributed by atoms with Crippen LogP contribution < -0.4 is 10.2 Å². The number of aromatic nitrogens is 2. The van der Waals surface area contributed by atoms with Crippen LogP contribution in [0.1, 0.15) is 12.8 Å². The van der Waals surface area contributed by atoms with Gasteiger partial charge in [-0.1, -0.05) is 0 Å². The molecule has 19 heavy (non-hydrogen) atoms. The van der Waals surface area contributed by atoms with Crippen molar-refractivity contribution in [2.24, 2.45) is 0 Å². The number of nitrogens with zero attached hydrogens (tertiary/aromatic N) is 5. The second-order valence-corrected chi connectivity index (χ2v) is 4.99. The first-order valence-electron chi connectivity index (χ1n) is 6.55. The van der Waals surface area contributed by atoms with Crippen LogP contribution in [0, 0.1) is 11.3 Å². The molecule has 6 nitrogen and oxygen atoms in total. The molecule has 0 aromatic carbocycles. The number of anilines is 2. The van der Waals surface area contributed by atoms with Crippen molar-refractivity contribution in [2.45, 2.75) is 18.9 Å². The van der Waals surface area contributed by atoms with E-state index in [1.165, 1.54) is 0 Å². The standard InChI is InChI=1S/C13H20N6/c1-18(2)13-15-7-3-12(17-13)16-11-4-8-19(9-5-11)10-6-14/h3,7,11H,4-5,8-10H2,1-2H3,(H,15,16,17). The fraction of sp³-hybridized carbons (Fsp3) is 0.615. The Balaban J connectivity index is 1.89. The molecular formula is C13H20N6. The lowest BCUT2D eigenvalue weighted by Gasteiger charge is -2.31. The zero-order valence-electron chi connectivity index (χ0n) is 11.5. The highest BCUT2D eigenvalue weighted by Gasteiger charge is 2.19. The van der Waals surface area contributed by atoms with Crippen molar-refractivity contribution in [3.63, 3.8) is 0 Å². The number of hydrogen-bond donors (Lipinski definition) is 1. The maximum Gasteiger partial charge on any atom is 0.226 e. The Kier molecular flexibility index (Phi) is 4.53. The summed E-state index contributed by atoms with van der Waals surface area (Å²) in [5.41, 5.74) is 0. The van der Waals surface area contributed by atoms with Gasteiger partial charge in [-0.2, -0.15) is 10.2 Å². The summed E-state index contributed by atoms with van der Waals surface area (Å²) in [6.07, 6.45) is 3.86. The molecule has 1 aromatic rings. The number of nitrogens with one attached hydrogen (secondary N) is 1. The molecule has 0 unspecified atom stereocenters. The number of piperidine rings is 1. The number of hydrogen-bond acceptors (Lipinski definition) is 6. The molecule has 0 amide bonds. The first-order chi connectivity index (χ1) is 9.19. The van der Waals surface area contributed by atoms with E-state index in [0.717, 1.165) is 31.7 Å². The Morgan fingerprint density at radius 2 is 2.21 bits per heavy atom. The molecule has 0 saturated carbocycles. The van der Waals surface area contributed by atoms with Gasteiger partial charge in [0, 0.05) is 39.4 Å². The Bertz CT molecular complexity index is 445. The van der Waals surface area contributed by atoms with Crippen LogP contribution in [0.4, 0.5) is 11.8 Å². The third-order valence-corrected chi connectivity index (χ3v) is 3.28. The predicted octanol–water partition coefficient (Wildman–Crippen LogP) is 0.942. The molecule has 0 atom stereocenters. The van der Waals surface area contributed by atoms with Gasteiger partial charge in [-0.25, -0.2) is 4.98 Å².